The summed E-state index contributed by atoms with van der Waals surface area (Å²) in [6, 6.07) is 9.05. The smallest absolute Gasteiger partial charge is 0.246 e. The standard InChI is InChI=1S/C17H22N2O3/c1-2-3-11-19(12-13-20)17(21)9-6-15-4-7-16(8-5-15)22-14-10-18/h4-9,20H,2-3,11-14H2,1H3/b9-6+. The highest BCUT2D eigenvalue weighted by Gasteiger charge is 2.08. The summed E-state index contributed by atoms with van der Waals surface area (Å²) in [6.07, 6.45) is 5.16. The molecular weight excluding hydrogens is 280 g/mol. The van der Waals surface area contributed by atoms with Crippen LogP contribution in [0.15, 0.2) is 30.3 Å². The number of hydrogen-bond acceptors (Lipinski definition) is 4. The van der Waals surface area contributed by atoms with Gasteiger partial charge in [0.1, 0.15) is 11.8 Å². The Morgan fingerprint density at radius 2 is 2.09 bits per heavy atom. The van der Waals surface area contributed by atoms with Crippen LogP contribution >= 0.6 is 0 Å². The van der Waals surface area contributed by atoms with Crippen molar-refractivity contribution in [3.05, 3.63) is 35.9 Å². The van der Waals surface area contributed by atoms with Crippen LogP contribution in [0.2, 0.25) is 0 Å². The van der Waals surface area contributed by atoms with Crippen LogP contribution in [-0.2, 0) is 4.79 Å². The fourth-order valence-electron chi connectivity index (χ4n) is 1.87. The maximum atomic E-state index is 12.1. The summed E-state index contributed by atoms with van der Waals surface area (Å²) in [7, 11) is 0. The molecule has 0 aromatic heterocycles. The number of ether oxygens (including phenoxy) is 1. The Morgan fingerprint density at radius 3 is 2.68 bits per heavy atom. The van der Waals surface area contributed by atoms with E-state index in [0.29, 0.717) is 18.8 Å². The van der Waals surface area contributed by atoms with Gasteiger partial charge in [0.15, 0.2) is 6.61 Å². The minimum absolute atomic E-state index is 0.0151. The van der Waals surface area contributed by atoms with Gasteiger partial charge in [-0.15, -0.1) is 0 Å². The zero-order valence-corrected chi connectivity index (χ0v) is 12.9. The second-order valence-electron chi connectivity index (χ2n) is 4.75. The molecule has 1 rings (SSSR count). The van der Waals surface area contributed by atoms with Crippen molar-refractivity contribution in [2.24, 2.45) is 0 Å². The normalized spacial score (nSPS) is 10.4. The van der Waals surface area contributed by atoms with E-state index < -0.39 is 0 Å². The number of carbonyl (C=O) groups excluding carboxylic acids is 1. The largest absolute Gasteiger partial charge is 0.479 e. The maximum Gasteiger partial charge on any atom is 0.246 e. The SMILES string of the molecule is CCCCN(CCO)C(=O)/C=C/c1ccc(OCC#N)cc1. The van der Waals surface area contributed by atoms with Gasteiger partial charge < -0.3 is 14.7 Å². The molecule has 0 spiro atoms. The van der Waals surface area contributed by atoms with E-state index in [4.69, 9.17) is 15.1 Å². The van der Waals surface area contributed by atoms with E-state index in [-0.39, 0.29) is 19.1 Å². The zero-order valence-electron chi connectivity index (χ0n) is 12.9. The number of benzene rings is 1. The molecule has 0 heterocycles. The first-order valence-corrected chi connectivity index (χ1v) is 7.39. The first-order chi connectivity index (χ1) is 10.7. The Hall–Kier alpha value is -2.32. The minimum Gasteiger partial charge on any atom is -0.479 e. The van der Waals surface area contributed by atoms with Crippen LogP contribution in [0.1, 0.15) is 25.3 Å². The first kappa shape index (κ1) is 17.7. The van der Waals surface area contributed by atoms with E-state index in [1.54, 1.807) is 23.1 Å². The lowest BCUT2D eigenvalue weighted by molar-refractivity contribution is -0.126. The lowest BCUT2D eigenvalue weighted by Gasteiger charge is -2.19. The van der Waals surface area contributed by atoms with E-state index in [1.807, 2.05) is 18.2 Å². The highest BCUT2D eigenvalue weighted by molar-refractivity contribution is 5.91. The Kier molecular flexibility index (Phi) is 8.39. The molecule has 0 unspecified atom stereocenters. The monoisotopic (exact) mass is 302 g/mol. The predicted molar refractivity (Wildman–Crippen MR) is 85.2 cm³/mol. The van der Waals surface area contributed by atoms with Gasteiger partial charge in [-0.1, -0.05) is 25.5 Å². The highest BCUT2D eigenvalue weighted by atomic mass is 16.5. The van der Waals surface area contributed by atoms with Crippen molar-refractivity contribution in [1.82, 2.24) is 4.90 Å². The third-order valence-electron chi connectivity index (χ3n) is 3.07. The third kappa shape index (κ3) is 6.42. The van der Waals surface area contributed by atoms with Crippen LogP contribution in [0.4, 0.5) is 0 Å². The molecule has 5 heteroatoms. The molecule has 22 heavy (non-hydrogen) atoms. The Labute approximate surface area is 131 Å². The molecule has 5 nitrogen and oxygen atoms in total. The van der Waals surface area contributed by atoms with Crippen LogP contribution < -0.4 is 4.74 Å². The van der Waals surface area contributed by atoms with Gasteiger partial charge in [0.05, 0.1) is 6.61 Å². The second kappa shape index (κ2) is 10.4. The first-order valence-electron chi connectivity index (χ1n) is 7.39. The van der Waals surface area contributed by atoms with Crippen LogP contribution in [-0.4, -0.2) is 42.2 Å². The Morgan fingerprint density at radius 1 is 1.36 bits per heavy atom. The summed E-state index contributed by atoms with van der Waals surface area (Å²) < 4.78 is 5.16. The average Bonchev–Trinajstić information content (AvgIpc) is 2.55. The predicted octanol–water partition coefficient (Wildman–Crippen LogP) is 2.22. The molecule has 0 aliphatic rings. The van der Waals surface area contributed by atoms with Gasteiger partial charge in [-0.05, 0) is 30.2 Å². The number of aliphatic hydroxyl groups is 1. The molecule has 1 amide bonds. The number of nitrogens with zero attached hydrogens (tertiary/aromatic N) is 2. The summed E-state index contributed by atoms with van der Waals surface area (Å²) >= 11 is 0. The van der Waals surface area contributed by atoms with Crippen molar-refractivity contribution < 1.29 is 14.6 Å². The second-order valence-corrected chi connectivity index (χ2v) is 4.75. The van der Waals surface area contributed by atoms with Gasteiger partial charge >= 0.3 is 0 Å². The number of rotatable bonds is 9. The lowest BCUT2D eigenvalue weighted by Crippen LogP contribution is -2.33. The van der Waals surface area contributed by atoms with Crippen molar-refractivity contribution in [3.8, 4) is 11.8 Å². The summed E-state index contributed by atoms with van der Waals surface area (Å²) in [5, 5.41) is 17.5. The summed E-state index contributed by atoms with van der Waals surface area (Å²) in [4.78, 5) is 13.7. The summed E-state index contributed by atoms with van der Waals surface area (Å²) in [5.74, 6) is 0.516. The molecule has 0 radical (unpaired) electrons. The average molecular weight is 302 g/mol. The number of unbranched alkanes of at least 4 members (excludes halogenated alkanes) is 1. The maximum absolute atomic E-state index is 12.1. The molecule has 0 aliphatic carbocycles. The highest BCUT2D eigenvalue weighted by Crippen LogP contribution is 2.13. The molecule has 0 saturated heterocycles. The number of aliphatic hydroxyl groups excluding tert-OH is 1. The van der Waals surface area contributed by atoms with E-state index in [0.717, 1.165) is 18.4 Å². The van der Waals surface area contributed by atoms with Crippen molar-refractivity contribution in [1.29, 1.82) is 5.26 Å². The molecule has 0 fully saturated rings. The number of nitriles is 1. The van der Waals surface area contributed by atoms with Gasteiger partial charge in [-0.2, -0.15) is 5.26 Å². The van der Waals surface area contributed by atoms with Crippen LogP contribution in [0.5, 0.6) is 5.75 Å². The molecule has 0 saturated carbocycles. The van der Waals surface area contributed by atoms with E-state index >= 15 is 0 Å². The van der Waals surface area contributed by atoms with Crippen molar-refractivity contribution >= 4 is 12.0 Å². The molecular formula is C17H22N2O3. The molecule has 118 valence electrons. The molecule has 0 bridgehead atoms. The van der Waals surface area contributed by atoms with Crippen molar-refractivity contribution in [3.63, 3.8) is 0 Å². The summed E-state index contributed by atoms with van der Waals surface area (Å²) in [5.41, 5.74) is 0.872. The quantitative estimate of drug-likeness (QED) is 0.710. The third-order valence-corrected chi connectivity index (χ3v) is 3.07. The topological polar surface area (TPSA) is 73.6 Å². The van der Waals surface area contributed by atoms with Crippen LogP contribution in [0, 0.1) is 11.3 Å². The fourth-order valence-corrected chi connectivity index (χ4v) is 1.87. The fraction of sp³-hybridized carbons (Fsp3) is 0.412. The minimum atomic E-state index is -0.104. The zero-order chi connectivity index (χ0) is 16.2. The molecule has 1 N–H and O–H groups in total. The van der Waals surface area contributed by atoms with Gasteiger partial charge in [-0.3, -0.25) is 4.79 Å². The molecule has 0 atom stereocenters. The van der Waals surface area contributed by atoms with Crippen LogP contribution in [0.3, 0.4) is 0 Å². The number of hydrogen-bond donors (Lipinski definition) is 1. The Balaban J connectivity index is 2.61. The van der Waals surface area contributed by atoms with Gasteiger partial charge in [0.2, 0.25) is 5.91 Å². The van der Waals surface area contributed by atoms with Crippen LogP contribution in [0.25, 0.3) is 6.08 Å². The molecule has 1 aromatic carbocycles. The lowest BCUT2D eigenvalue weighted by atomic mass is 10.2. The van der Waals surface area contributed by atoms with Gasteiger partial charge in [0, 0.05) is 19.2 Å². The van der Waals surface area contributed by atoms with Crippen molar-refractivity contribution in [2.75, 3.05) is 26.3 Å². The van der Waals surface area contributed by atoms with Crippen molar-refractivity contribution in [2.45, 2.75) is 19.8 Å². The Bertz CT molecular complexity index is 518. The van der Waals surface area contributed by atoms with Gasteiger partial charge in [-0.25, -0.2) is 0 Å². The number of carbonyl (C=O) groups is 1. The van der Waals surface area contributed by atoms with Gasteiger partial charge in [0.25, 0.3) is 0 Å². The number of amides is 1. The molecule has 0 aliphatic heterocycles. The van der Waals surface area contributed by atoms with E-state index in [9.17, 15) is 4.79 Å². The van der Waals surface area contributed by atoms with E-state index in [2.05, 4.69) is 6.92 Å². The molecule has 1 aromatic rings. The summed E-state index contributed by atoms with van der Waals surface area (Å²) in [6.45, 7) is 3.05. The van der Waals surface area contributed by atoms with E-state index in [1.165, 1.54) is 6.08 Å².